The molecule has 0 heterocycles. The molecule has 0 fully saturated rings. The van der Waals surface area contributed by atoms with Gasteiger partial charge in [-0.15, -0.1) is 0 Å². The molecular formula is C52H97NO5. The molecule has 340 valence electrons. The standard InChI is InChI=1S/C52H97NO5/c1-4-7-10-13-16-19-22-24-25-27-29-32-35-38-41-44-50(55)49(47-54)53-51(56)46-48(43-40-37-34-31-28-21-18-15-12-9-6-3)58-52(57)45-42-39-36-33-30-26-23-20-17-14-11-8-5-2/h8,11,14,17,20,23,48-50,54-55H,4-7,9-10,12-13,15-16,18-19,21-22,24-47H2,1-3H3,(H,53,56)/b11-8+,17-14+,23-20-. The van der Waals surface area contributed by atoms with E-state index in [1.54, 1.807) is 0 Å². The second kappa shape index (κ2) is 46.2. The monoisotopic (exact) mass is 816 g/mol. The van der Waals surface area contributed by atoms with Crippen LogP contribution in [0.25, 0.3) is 0 Å². The first-order chi connectivity index (χ1) is 28.5. The molecule has 0 radical (unpaired) electrons. The van der Waals surface area contributed by atoms with Crippen molar-refractivity contribution in [3.05, 3.63) is 36.5 Å². The number of rotatable bonds is 45. The van der Waals surface area contributed by atoms with Crippen molar-refractivity contribution in [2.75, 3.05) is 6.61 Å². The fourth-order valence-corrected chi connectivity index (χ4v) is 7.73. The highest BCUT2D eigenvalue weighted by molar-refractivity contribution is 5.77. The van der Waals surface area contributed by atoms with Gasteiger partial charge in [0.05, 0.1) is 25.2 Å². The number of ether oxygens (including phenoxy) is 1. The van der Waals surface area contributed by atoms with Gasteiger partial charge in [-0.1, -0.05) is 237 Å². The van der Waals surface area contributed by atoms with E-state index in [1.807, 2.05) is 0 Å². The molecule has 0 saturated carbocycles. The molecule has 0 spiro atoms. The lowest BCUT2D eigenvalue weighted by atomic mass is 10.0. The lowest BCUT2D eigenvalue weighted by Crippen LogP contribution is -2.46. The SMILES string of the molecule is CC/C=C/C=C/C=C\CCCCCCCC(=O)OC(CCCCCCCCCCCCC)CC(=O)NC(CO)C(O)CCCCCCCCCCCCCCCCC. The molecule has 0 aromatic rings. The molecule has 58 heavy (non-hydrogen) atoms. The second-order valence-electron chi connectivity index (χ2n) is 17.3. The largest absolute Gasteiger partial charge is 0.462 e. The Morgan fingerprint density at radius 1 is 0.517 bits per heavy atom. The summed E-state index contributed by atoms with van der Waals surface area (Å²) in [6.07, 6.45) is 53.4. The van der Waals surface area contributed by atoms with Gasteiger partial charge in [-0.25, -0.2) is 0 Å². The first-order valence-corrected chi connectivity index (χ1v) is 25.2. The number of aliphatic hydroxyl groups excluding tert-OH is 2. The summed E-state index contributed by atoms with van der Waals surface area (Å²) < 4.78 is 5.91. The van der Waals surface area contributed by atoms with Crippen LogP contribution in [-0.2, 0) is 14.3 Å². The molecular weight excluding hydrogens is 719 g/mol. The van der Waals surface area contributed by atoms with Crippen LogP contribution in [0.1, 0.15) is 258 Å². The van der Waals surface area contributed by atoms with E-state index in [2.05, 4.69) is 62.5 Å². The van der Waals surface area contributed by atoms with Crippen molar-refractivity contribution in [3.8, 4) is 0 Å². The fourth-order valence-electron chi connectivity index (χ4n) is 7.73. The first kappa shape index (κ1) is 56.1. The molecule has 0 aromatic heterocycles. The van der Waals surface area contributed by atoms with Crippen molar-refractivity contribution < 1.29 is 24.5 Å². The van der Waals surface area contributed by atoms with Gasteiger partial charge in [-0.05, 0) is 44.9 Å². The number of hydrogen-bond donors (Lipinski definition) is 3. The summed E-state index contributed by atoms with van der Waals surface area (Å²) in [7, 11) is 0. The van der Waals surface area contributed by atoms with E-state index < -0.39 is 18.2 Å². The predicted octanol–water partition coefficient (Wildman–Crippen LogP) is 14.9. The van der Waals surface area contributed by atoms with Crippen LogP contribution in [0, 0.1) is 0 Å². The Labute approximate surface area is 360 Å². The number of carbonyl (C=O) groups is 2. The quantitative estimate of drug-likeness (QED) is 0.0323. The van der Waals surface area contributed by atoms with E-state index in [0.29, 0.717) is 19.3 Å². The molecule has 3 atom stereocenters. The molecule has 0 aliphatic carbocycles. The van der Waals surface area contributed by atoms with E-state index >= 15 is 0 Å². The lowest BCUT2D eigenvalue weighted by Gasteiger charge is -2.24. The Hall–Kier alpha value is -1.92. The Balaban J connectivity index is 4.52. The van der Waals surface area contributed by atoms with Crippen LogP contribution in [0.15, 0.2) is 36.5 Å². The normalized spacial score (nSPS) is 13.5. The van der Waals surface area contributed by atoms with Crippen LogP contribution in [0.4, 0.5) is 0 Å². The van der Waals surface area contributed by atoms with E-state index in [1.165, 1.54) is 141 Å². The van der Waals surface area contributed by atoms with Gasteiger partial charge in [0.1, 0.15) is 6.10 Å². The maximum atomic E-state index is 13.2. The van der Waals surface area contributed by atoms with Crippen molar-refractivity contribution in [1.29, 1.82) is 0 Å². The Bertz CT molecular complexity index is 961. The topological polar surface area (TPSA) is 95.9 Å². The van der Waals surface area contributed by atoms with Gasteiger partial charge >= 0.3 is 5.97 Å². The minimum atomic E-state index is -0.788. The van der Waals surface area contributed by atoms with Gasteiger partial charge in [0.2, 0.25) is 5.91 Å². The highest BCUT2D eigenvalue weighted by atomic mass is 16.5. The van der Waals surface area contributed by atoms with E-state index in [0.717, 1.165) is 70.6 Å². The zero-order valence-electron chi connectivity index (χ0n) is 38.7. The van der Waals surface area contributed by atoms with Crippen LogP contribution in [0.3, 0.4) is 0 Å². The Kier molecular flexibility index (Phi) is 44.6. The number of nitrogens with one attached hydrogen (secondary N) is 1. The minimum absolute atomic E-state index is 0.0727. The number of aliphatic hydroxyl groups is 2. The maximum absolute atomic E-state index is 13.2. The van der Waals surface area contributed by atoms with Crippen LogP contribution < -0.4 is 5.32 Å². The lowest BCUT2D eigenvalue weighted by molar-refractivity contribution is -0.151. The summed E-state index contributed by atoms with van der Waals surface area (Å²) in [4.78, 5) is 26.1. The molecule has 0 bridgehead atoms. The first-order valence-electron chi connectivity index (χ1n) is 25.2. The zero-order chi connectivity index (χ0) is 42.4. The smallest absolute Gasteiger partial charge is 0.306 e. The molecule has 6 nitrogen and oxygen atoms in total. The van der Waals surface area contributed by atoms with Gasteiger partial charge in [0, 0.05) is 6.42 Å². The summed E-state index contributed by atoms with van der Waals surface area (Å²) in [6, 6.07) is -0.702. The van der Waals surface area contributed by atoms with Crippen LogP contribution in [0.5, 0.6) is 0 Å². The average Bonchev–Trinajstić information content (AvgIpc) is 3.22. The van der Waals surface area contributed by atoms with E-state index in [-0.39, 0.29) is 24.9 Å². The molecule has 0 saturated heterocycles. The Morgan fingerprint density at radius 2 is 0.931 bits per heavy atom. The van der Waals surface area contributed by atoms with Gasteiger partial charge in [-0.2, -0.15) is 0 Å². The summed E-state index contributed by atoms with van der Waals surface area (Å²) in [5.41, 5.74) is 0. The molecule has 0 aromatic carbocycles. The highest BCUT2D eigenvalue weighted by Gasteiger charge is 2.24. The second-order valence-corrected chi connectivity index (χ2v) is 17.3. The van der Waals surface area contributed by atoms with Crippen LogP contribution in [-0.4, -0.2) is 46.9 Å². The van der Waals surface area contributed by atoms with Gasteiger partial charge in [-0.3, -0.25) is 9.59 Å². The number of esters is 1. The van der Waals surface area contributed by atoms with Crippen molar-refractivity contribution in [1.82, 2.24) is 5.32 Å². The van der Waals surface area contributed by atoms with Crippen molar-refractivity contribution in [2.45, 2.75) is 277 Å². The molecule has 0 aliphatic heterocycles. The number of allylic oxidation sites excluding steroid dienone is 6. The van der Waals surface area contributed by atoms with E-state index in [4.69, 9.17) is 4.74 Å². The number of carbonyl (C=O) groups excluding carboxylic acids is 2. The molecule has 3 unspecified atom stereocenters. The molecule has 3 N–H and O–H groups in total. The third-order valence-corrected chi connectivity index (χ3v) is 11.5. The number of amides is 1. The third-order valence-electron chi connectivity index (χ3n) is 11.5. The molecule has 6 heteroatoms. The van der Waals surface area contributed by atoms with Gasteiger partial charge in [0.15, 0.2) is 0 Å². The summed E-state index contributed by atoms with van der Waals surface area (Å²) in [6.45, 7) is 6.35. The predicted molar refractivity (Wildman–Crippen MR) is 250 cm³/mol. The third kappa shape index (κ3) is 40.8. The Morgan fingerprint density at radius 3 is 1.40 bits per heavy atom. The zero-order valence-corrected chi connectivity index (χ0v) is 38.7. The van der Waals surface area contributed by atoms with Crippen LogP contribution >= 0.6 is 0 Å². The van der Waals surface area contributed by atoms with Gasteiger partial charge in [0.25, 0.3) is 0 Å². The van der Waals surface area contributed by atoms with Crippen molar-refractivity contribution in [3.63, 3.8) is 0 Å². The van der Waals surface area contributed by atoms with Gasteiger partial charge < -0.3 is 20.3 Å². The van der Waals surface area contributed by atoms with E-state index in [9.17, 15) is 19.8 Å². The molecule has 1 amide bonds. The molecule has 0 rings (SSSR count). The number of hydrogen-bond acceptors (Lipinski definition) is 5. The summed E-state index contributed by atoms with van der Waals surface area (Å²) in [5, 5.41) is 23.8. The van der Waals surface area contributed by atoms with Crippen molar-refractivity contribution in [2.24, 2.45) is 0 Å². The summed E-state index contributed by atoms with van der Waals surface area (Å²) >= 11 is 0. The van der Waals surface area contributed by atoms with Crippen LogP contribution in [0.2, 0.25) is 0 Å². The van der Waals surface area contributed by atoms with Crippen molar-refractivity contribution >= 4 is 11.9 Å². The summed E-state index contributed by atoms with van der Waals surface area (Å²) in [5.74, 6) is -0.489. The fraction of sp³-hybridized carbons (Fsp3) is 0.846. The minimum Gasteiger partial charge on any atom is -0.462 e. The molecule has 0 aliphatic rings. The maximum Gasteiger partial charge on any atom is 0.306 e. The number of unbranched alkanes of at least 4 members (excludes halogenated alkanes) is 29. The highest BCUT2D eigenvalue weighted by Crippen LogP contribution is 2.18. The average molecular weight is 816 g/mol.